The van der Waals surface area contributed by atoms with E-state index in [1.807, 2.05) is 36.4 Å². The van der Waals surface area contributed by atoms with Crippen molar-refractivity contribution < 1.29 is 4.74 Å². The molecule has 22 heavy (non-hydrogen) atoms. The molecular weight excluding hydrogens is 276 g/mol. The standard InChI is InChI=1S/C17H20N4O/c18-17(20-10-8-14-6-3-4-9-19-14)21-12-15-11-13-5-1-2-7-16(13)22-15/h1-7,9,15H,8,10-12H2,(H3,18,20,21). The molecule has 0 radical (unpaired) electrons. The van der Waals surface area contributed by atoms with E-state index in [1.54, 1.807) is 6.20 Å². The number of benzene rings is 1. The zero-order valence-electron chi connectivity index (χ0n) is 12.4. The zero-order valence-corrected chi connectivity index (χ0v) is 12.4. The molecule has 0 spiro atoms. The van der Waals surface area contributed by atoms with Crippen LogP contribution in [0.5, 0.6) is 5.75 Å². The molecule has 3 rings (SSSR count). The molecule has 1 aromatic heterocycles. The summed E-state index contributed by atoms with van der Waals surface area (Å²) in [7, 11) is 0. The SMILES string of the molecule is NC(=NCC1Cc2ccccc2O1)NCCc1ccccn1. The summed E-state index contributed by atoms with van der Waals surface area (Å²) in [5.74, 6) is 1.42. The number of aliphatic imine (C=N–C) groups is 1. The maximum atomic E-state index is 5.88. The number of aromatic nitrogens is 1. The number of rotatable bonds is 5. The van der Waals surface area contributed by atoms with E-state index in [-0.39, 0.29) is 6.10 Å². The fourth-order valence-corrected chi connectivity index (χ4v) is 2.48. The van der Waals surface area contributed by atoms with Gasteiger partial charge in [0.15, 0.2) is 5.96 Å². The molecule has 0 aliphatic carbocycles. The monoisotopic (exact) mass is 296 g/mol. The van der Waals surface area contributed by atoms with E-state index < -0.39 is 0 Å². The van der Waals surface area contributed by atoms with Crippen LogP contribution in [0.3, 0.4) is 0 Å². The molecule has 0 saturated carbocycles. The molecule has 5 nitrogen and oxygen atoms in total. The molecular formula is C17H20N4O. The first kappa shape index (κ1) is 14.4. The minimum atomic E-state index is 0.0774. The van der Waals surface area contributed by atoms with Crippen LogP contribution in [0.2, 0.25) is 0 Å². The van der Waals surface area contributed by atoms with Gasteiger partial charge in [0.2, 0.25) is 0 Å². The number of nitrogens with one attached hydrogen (secondary N) is 1. The van der Waals surface area contributed by atoms with Crippen LogP contribution in [-0.4, -0.2) is 30.1 Å². The van der Waals surface area contributed by atoms with Crippen LogP contribution in [0.4, 0.5) is 0 Å². The van der Waals surface area contributed by atoms with Crippen LogP contribution in [-0.2, 0) is 12.8 Å². The van der Waals surface area contributed by atoms with Crippen molar-refractivity contribution in [3.05, 3.63) is 59.9 Å². The first-order valence-corrected chi connectivity index (χ1v) is 7.49. The highest BCUT2D eigenvalue weighted by atomic mass is 16.5. The lowest BCUT2D eigenvalue weighted by Gasteiger charge is -2.09. The van der Waals surface area contributed by atoms with Crippen molar-refractivity contribution in [3.63, 3.8) is 0 Å². The number of para-hydroxylation sites is 1. The molecule has 1 aliphatic rings. The Kier molecular flexibility index (Phi) is 4.53. The van der Waals surface area contributed by atoms with Gasteiger partial charge in [-0.15, -0.1) is 0 Å². The molecule has 5 heteroatoms. The van der Waals surface area contributed by atoms with E-state index in [2.05, 4.69) is 21.4 Å². The maximum absolute atomic E-state index is 5.88. The number of guanidine groups is 1. The molecule has 1 atom stereocenters. The number of pyridine rings is 1. The Morgan fingerprint density at radius 1 is 1.27 bits per heavy atom. The van der Waals surface area contributed by atoms with Crippen molar-refractivity contribution in [2.75, 3.05) is 13.1 Å². The fourth-order valence-electron chi connectivity index (χ4n) is 2.48. The largest absolute Gasteiger partial charge is 0.488 e. The summed E-state index contributed by atoms with van der Waals surface area (Å²) in [6.07, 6.45) is 3.58. The fraction of sp³-hybridized carbons (Fsp3) is 0.294. The van der Waals surface area contributed by atoms with Gasteiger partial charge in [0, 0.05) is 31.3 Å². The summed E-state index contributed by atoms with van der Waals surface area (Å²) in [4.78, 5) is 8.63. The van der Waals surface area contributed by atoms with Gasteiger partial charge in [-0.25, -0.2) is 4.99 Å². The molecule has 0 saturated heterocycles. The molecule has 2 heterocycles. The number of nitrogens with zero attached hydrogens (tertiary/aromatic N) is 2. The number of hydrogen-bond donors (Lipinski definition) is 2. The predicted molar refractivity (Wildman–Crippen MR) is 87.0 cm³/mol. The van der Waals surface area contributed by atoms with Crippen molar-refractivity contribution in [3.8, 4) is 5.75 Å². The molecule has 0 amide bonds. The molecule has 1 aliphatic heterocycles. The lowest BCUT2D eigenvalue weighted by atomic mass is 10.1. The van der Waals surface area contributed by atoms with Crippen molar-refractivity contribution in [1.82, 2.24) is 10.3 Å². The van der Waals surface area contributed by atoms with Gasteiger partial charge < -0.3 is 15.8 Å². The highest BCUT2D eigenvalue weighted by Gasteiger charge is 2.21. The second-order valence-corrected chi connectivity index (χ2v) is 5.28. The molecule has 0 bridgehead atoms. The van der Waals surface area contributed by atoms with Crippen LogP contribution in [0.15, 0.2) is 53.7 Å². The Morgan fingerprint density at radius 3 is 2.95 bits per heavy atom. The minimum Gasteiger partial charge on any atom is -0.488 e. The van der Waals surface area contributed by atoms with Gasteiger partial charge >= 0.3 is 0 Å². The van der Waals surface area contributed by atoms with Gasteiger partial charge in [0.25, 0.3) is 0 Å². The van der Waals surface area contributed by atoms with Gasteiger partial charge in [0.05, 0.1) is 6.54 Å². The minimum absolute atomic E-state index is 0.0774. The first-order valence-electron chi connectivity index (χ1n) is 7.49. The third-order valence-corrected chi connectivity index (χ3v) is 3.59. The highest BCUT2D eigenvalue weighted by molar-refractivity contribution is 5.77. The predicted octanol–water partition coefficient (Wildman–Crippen LogP) is 1.53. The molecule has 1 aromatic carbocycles. The lowest BCUT2D eigenvalue weighted by Crippen LogP contribution is -2.34. The molecule has 0 fully saturated rings. The average Bonchev–Trinajstić information content (AvgIpc) is 2.97. The van der Waals surface area contributed by atoms with Crippen LogP contribution in [0, 0.1) is 0 Å². The van der Waals surface area contributed by atoms with Crippen LogP contribution >= 0.6 is 0 Å². The summed E-state index contributed by atoms with van der Waals surface area (Å²) in [5.41, 5.74) is 8.16. The third-order valence-electron chi connectivity index (χ3n) is 3.59. The zero-order chi connectivity index (χ0) is 15.2. The Labute approximate surface area is 130 Å². The number of nitrogens with two attached hydrogens (primary N) is 1. The summed E-state index contributed by atoms with van der Waals surface area (Å²) < 4.78 is 5.83. The third kappa shape index (κ3) is 3.75. The summed E-state index contributed by atoms with van der Waals surface area (Å²) in [5, 5.41) is 3.11. The second-order valence-electron chi connectivity index (χ2n) is 5.28. The van der Waals surface area contributed by atoms with E-state index >= 15 is 0 Å². The normalized spacial score (nSPS) is 16.9. The van der Waals surface area contributed by atoms with E-state index in [1.165, 1.54) is 5.56 Å². The first-order chi connectivity index (χ1) is 10.8. The van der Waals surface area contributed by atoms with Gasteiger partial charge in [-0.05, 0) is 23.8 Å². The molecule has 114 valence electrons. The van der Waals surface area contributed by atoms with Crippen molar-refractivity contribution >= 4 is 5.96 Å². The Hall–Kier alpha value is -2.56. The van der Waals surface area contributed by atoms with Crippen molar-refractivity contribution in [2.24, 2.45) is 10.7 Å². The van der Waals surface area contributed by atoms with Crippen molar-refractivity contribution in [2.45, 2.75) is 18.9 Å². The number of fused-ring (bicyclic) bond motifs is 1. The Bertz CT molecular complexity index is 617. The Morgan fingerprint density at radius 2 is 2.14 bits per heavy atom. The lowest BCUT2D eigenvalue weighted by molar-refractivity contribution is 0.242. The second kappa shape index (κ2) is 6.93. The van der Waals surface area contributed by atoms with Crippen LogP contribution < -0.4 is 15.8 Å². The molecule has 2 aromatic rings. The van der Waals surface area contributed by atoms with E-state index in [0.717, 1.165) is 30.8 Å². The summed E-state index contributed by atoms with van der Waals surface area (Å²) >= 11 is 0. The maximum Gasteiger partial charge on any atom is 0.188 e. The topological polar surface area (TPSA) is 72.5 Å². The Balaban J connectivity index is 1.42. The van der Waals surface area contributed by atoms with Crippen LogP contribution in [0.25, 0.3) is 0 Å². The van der Waals surface area contributed by atoms with Crippen molar-refractivity contribution in [1.29, 1.82) is 0 Å². The van der Waals surface area contributed by atoms with Gasteiger partial charge in [-0.2, -0.15) is 0 Å². The average molecular weight is 296 g/mol. The molecule has 1 unspecified atom stereocenters. The van der Waals surface area contributed by atoms with Gasteiger partial charge in [-0.3, -0.25) is 4.98 Å². The highest BCUT2D eigenvalue weighted by Crippen LogP contribution is 2.27. The summed E-state index contributed by atoms with van der Waals surface area (Å²) in [6, 6.07) is 14.0. The molecule has 3 N–H and O–H groups in total. The van der Waals surface area contributed by atoms with Gasteiger partial charge in [-0.1, -0.05) is 24.3 Å². The van der Waals surface area contributed by atoms with Crippen LogP contribution in [0.1, 0.15) is 11.3 Å². The quantitative estimate of drug-likeness (QED) is 0.648. The number of hydrogen-bond acceptors (Lipinski definition) is 3. The van der Waals surface area contributed by atoms with E-state index in [0.29, 0.717) is 12.5 Å². The number of ether oxygens (including phenoxy) is 1. The van der Waals surface area contributed by atoms with Gasteiger partial charge in [0.1, 0.15) is 11.9 Å². The van der Waals surface area contributed by atoms with E-state index in [9.17, 15) is 0 Å². The smallest absolute Gasteiger partial charge is 0.188 e. The summed E-state index contributed by atoms with van der Waals surface area (Å²) in [6.45, 7) is 1.29. The van der Waals surface area contributed by atoms with E-state index in [4.69, 9.17) is 10.5 Å².